The molecule has 0 bridgehead atoms. The molecule has 0 aliphatic rings. The molecule has 0 heterocycles. The van der Waals surface area contributed by atoms with Crippen LogP contribution in [0, 0.1) is 5.41 Å². The number of ether oxygens (including phenoxy) is 1. The Morgan fingerprint density at radius 1 is 1.44 bits per heavy atom. The smallest absolute Gasteiger partial charge is 0.328 e. The summed E-state index contributed by atoms with van der Waals surface area (Å²) in [4.78, 5) is 11.8. The molecule has 0 saturated heterocycles. The van der Waals surface area contributed by atoms with E-state index in [9.17, 15) is 4.79 Å². The maximum Gasteiger partial charge on any atom is 0.328 e. The molecule has 1 rings (SSSR count). The van der Waals surface area contributed by atoms with Gasteiger partial charge in [0, 0.05) is 10.2 Å². The van der Waals surface area contributed by atoms with Crippen molar-refractivity contribution in [3.05, 3.63) is 28.7 Å². The lowest BCUT2D eigenvalue weighted by atomic mass is 9.88. The summed E-state index contributed by atoms with van der Waals surface area (Å²) in [6.45, 7) is 6.31. The van der Waals surface area contributed by atoms with Crippen LogP contribution in [0.25, 0.3) is 0 Å². The van der Waals surface area contributed by atoms with Gasteiger partial charge in [0.25, 0.3) is 0 Å². The molecule has 0 amide bonds. The fourth-order valence-electron chi connectivity index (χ4n) is 1.73. The molecule has 0 saturated carbocycles. The largest absolute Gasteiger partial charge is 0.467 e. The molecule has 100 valence electrons. The third-order valence-corrected chi connectivity index (χ3v) is 2.96. The Morgan fingerprint density at radius 2 is 2.11 bits per heavy atom. The van der Waals surface area contributed by atoms with E-state index in [1.54, 1.807) is 0 Å². The first-order valence-corrected chi connectivity index (χ1v) is 6.71. The number of methoxy groups -OCH3 is 1. The fraction of sp³-hybridized carbons (Fsp3) is 0.500. The van der Waals surface area contributed by atoms with E-state index in [0.717, 1.165) is 10.2 Å². The molecule has 0 aromatic heterocycles. The maximum absolute atomic E-state index is 11.8. The van der Waals surface area contributed by atoms with E-state index in [2.05, 4.69) is 42.0 Å². The van der Waals surface area contributed by atoms with E-state index in [0.29, 0.717) is 6.42 Å². The molecule has 1 N–H and O–H groups in total. The Bertz CT molecular complexity index is 413. The second kappa shape index (κ2) is 6.23. The molecule has 0 aliphatic heterocycles. The molecule has 0 radical (unpaired) electrons. The Balaban J connectivity index is 2.81. The van der Waals surface area contributed by atoms with Crippen LogP contribution in [-0.2, 0) is 9.53 Å². The van der Waals surface area contributed by atoms with Crippen molar-refractivity contribution in [3.8, 4) is 0 Å². The molecule has 1 atom stereocenters. The molecule has 0 aliphatic carbocycles. The number of nitrogens with one attached hydrogen (secondary N) is 1. The zero-order chi connectivity index (χ0) is 13.8. The summed E-state index contributed by atoms with van der Waals surface area (Å²) in [5.41, 5.74) is 0.960. The third kappa shape index (κ3) is 5.08. The first-order valence-electron chi connectivity index (χ1n) is 5.92. The normalized spacial score (nSPS) is 12.9. The number of carbonyl (C=O) groups excluding carboxylic acids is 1. The van der Waals surface area contributed by atoms with Gasteiger partial charge in [0.15, 0.2) is 0 Å². The highest BCUT2D eigenvalue weighted by Crippen LogP contribution is 2.24. The molecule has 0 spiro atoms. The van der Waals surface area contributed by atoms with Crippen molar-refractivity contribution in [2.45, 2.75) is 33.2 Å². The van der Waals surface area contributed by atoms with Crippen molar-refractivity contribution in [2.75, 3.05) is 12.4 Å². The summed E-state index contributed by atoms with van der Waals surface area (Å²) < 4.78 is 5.83. The van der Waals surface area contributed by atoms with Crippen molar-refractivity contribution in [1.82, 2.24) is 0 Å². The third-order valence-electron chi connectivity index (χ3n) is 2.47. The van der Waals surface area contributed by atoms with Crippen LogP contribution >= 0.6 is 15.9 Å². The van der Waals surface area contributed by atoms with Gasteiger partial charge in [-0.2, -0.15) is 0 Å². The minimum atomic E-state index is -0.329. The Morgan fingerprint density at radius 3 is 2.61 bits per heavy atom. The number of hydrogen-bond donors (Lipinski definition) is 1. The highest BCUT2D eigenvalue weighted by molar-refractivity contribution is 9.10. The van der Waals surface area contributed by atoms with Gasteiger partial charge in [0.2, 0.25) is 0 Å². The summed E-state index contributed by atoms with van der Waals surface area (Å²) in [7, 11) is 1.42. The average molecular weight is 314 g/mol. The number of rotatable bonds is 4. The Labute approximate surface area is 117 Å². The zero-order valence-electron chi connectivity index (χ0n) is 11.3. The van der Waals surface area contributed by atoms with Crippen LogP contribution in [0.15, 0.2) is 28.7 Å². The van der Waals surface area contributed by atoms with E-state index >= 15 is 0 Å². The summed E-state index contributed by atoms with van der Waals surface area (Å²) in [6.07, 6.45) is 0.714. The van der Waals surface area contributed by atoms with Crippen LogP contribution in [0.1, 0.15) is 27.2 Å². The highest BCUT2D eigenvalue weighted by Gasteiger charge is 2.25. The van der Waals surface area contributed by atoms with Crippen molar-refractivity contribution >= 4 is 27.6 Å². The molecular formula is C14H20BrNO2. The van der Waals surface area contributed by atoms with Gasteiger partial charge in [-0.05, 0) is 30.0 Å². The molecule has 1 aromatic carbocycles. The zero-order valence-corrected chi connectivity index (χ0v) is 12.9. The summed E-state index contributed by atoms with van der Waals surface area (Å²) >= 11 is 3.41. The standard InChI is InChI=1S/C14H20BrNO2/c1-14(2,3)9-12(13(17)18-4)16-11-7-5-6-10(15)8-11/h5-8,12,16H,9H2,1-4H3. The second-order valence-electron chi connectivity index (χ2n) is 5.50. The van der Waals surface area contributed by atoms with Crippen LogP contribution in [0.4, 0.5) is 5.69 Å². The number of esters is 1. The minimum absolute atomic E-state index is 0.0534. The van der Waals surface area contributed by atoms with E-state index in [4.69, 9.17) is 4.74 Å². The van der Waals surface area contributed by atoms with Crippen molar-refractivity contribution < 1.29 is 9.53 Å². The van der Waals surface area contributed by atoms with Gasteiger partial charge in [-0.1, -0.05) is 42.8 Å². The highest BCUT2D eigenvalue weighted by atomic mass is 79.9. The lowest BCUT2D eigenvalue weighted by molar-refractivity contribution is -0.142. The van der Waals surface area contributed by atoms with Crippen LogP contribution in [0.3, 0.4) is 0 Å². The first kappa shape index (κ1) is 15.0. The average Bonchev–Trinajstić information content (AvgIpc) is 2.25. The lowest BCUT2D eigenvalue weighted by Crippen LogP contribution is -2.34. The predicted molar refractivity (Wildman–Crippen MR) is 77.6 cm³/mol. The van der Waals surface area contributed by atoms with Gasteiger partial charge < -0.3 is 10.1 Å². The summed E-state index contributed by atoms with van der Waals surface area (Å²) in [6, 6.07) is 7.42. The van der Waals surface area contributed by atoms with E-state index in [-0.39, 0.29) is 17.4 Å². The monoisotopic (exact) mass is 313 g/mol. The first-order chi connectivity index (χ1) is 8.31. The SMILES string of the molecule is COC(=O)C(CC(C)(C)C)Nc1cccc(Br)c1. The van der Waals surface area contributed by atoms with Gasteiger partial charge >= 0.3 is 5.97 Å². The minimum Gasteiger partial charge on any atom is -0.467 e. The van der Waals surface area contributed by atoms with Gasteiger partial charge in [0.05, 0.1) is 7.11 Å². The van der Waals surface area contributed by atoms with E-state index in [1.807, 2.05) is 24.3 Å². The molecular weight excluding hydrogens is 294 g/mol. The van der Waals surface area contributed by atoms with Crippen LogP contribution in [0.5, 0.6) is 0 Å². The maximum atomic E-state index is 11.8. The van der Waals surface area contributed by atoms with Crippen molar-refractivity contribution in [1.29, 1.82) is 0 Å². The Kier molecular flexibility index (Phi) is 5.20. The number of carbonyl (C=O) groups is 1. The molecule has 1 aromatic rings. The van der Waals surface area contributed by atoms with Gasteiger partial charge in [-0.3, -0.25) is 0 Å². The molecule has 0 fully saturated rings. The van der Waals surface area contributed by atoms with E-state index in [1.165, 1.54) is 7.11 Å². The summed E-state index contributed by atoms with van der Waals surface area (Å²) in [5, 5.41) is 3.22. The number of benzene rings is 1. The second-order valence-corrected chi connectivity index (χ2v) is 6.41. The fourth-order valence-corrected chi connectivity index (χ4v) is 2.13. The van der Waals surface area contributed by atoms with Gasteiger partial charge in [-0.25, -0.2) is 4.79 Å². The number of anilines is 1. The number of hydrogen-bond acceptors (Lipinski definition) is 3. The Hall–Kier alpha value is -1.03. The van der Waals surface area contributed by atoms with Gasteiger partial charge in [-0.15, -0.1) is 0 Å². The lowest BCUT2D eigenvalue weighted by Gasteiger charge is -2.25. The van der Waals surface area contributed by atoms with Crippen LogP contribution in [-0.4, -0.2) is 19.1 Å². The van der Waals surface area contributed by atoms with Crippen LogP contribution < -0.4 is 5.32 Å². The molecule has 3 nitrogen and oxygen atoms in total. The quantitative estimate of drug-likeness (QED) is 0.858. The summed E-state index contributed by atoms with van der Waals surface area (Å²) in [5.74, 6) is -0.232. The van der Waals surface area contributed by atoms with Crippen molar-refractivity contribution in [2.24, 2.45) is 5.41 Å². The topological polar surface area (TPSA) is 38.3 Å². The van der Waals surface area contributed by atoms with Gasteiger partial charge in [0.1, 0.15) is 6.04 Å². The number of halogens is 1. The predicted octanol–water partition coefficient (Wildman–Crippen LogP) is 3.84. The van der Waals surface area contributed by atoms with E-state index < -0.39 is 0 Å². The van der Waals surface area contributed by atoms with Crippen LogP contribution in [0.2, 0.25) is 0 Å². The molecule has 4 heteroatoms. The molecule has 1 unspecified atom stereocenters. The van der Waals surface area contributed by atoms with Crippen molar-refractivity contribution in [3.63, 3.8) is 0 Å². The molecule has 18 heavy (non-hydrogen) atoms.